The van der Waals surface area contributed by atoms with E-state index in [2.05, 4.69) is 10.6 Å². The van der Waals surface area contributed by atoms with Crippen LogP contribution in [-0.2, 0) is 4.79 Å². The normalized spacial score (nSPS) is 20.0. The smallest absolute Gasteiger partial charge is 0.321 e. The van der Waals surface area contributed by atoms with E-state index in [9.17, 15) is 14.4 Å². The Labute approximate surface area is 152 Å². The van der Waals surface area contributed by atoms with Crippen LogP contribution >= 0.6 is 0 Å². The monoisotopic (exact) mass is 363 g/mol. The fraction of sp³-hybridized carbons (Fsp3) is 0.611. The lowest BCUT2D eigenvalue weighted by atomic mass is 10.2. The Morgan fingerprint density at radius 2 is 1.92 bits per heavy atom. The summed E-state index contributed by atoms with van der Waals surface area (Å²) in [6.45, 7) is 4.25. The molecule has 0 radical (unpaired) electrons. The molecule has 1 saturated carbocycles. The molecule has 0 spiro atoms. The predicted octanol–water partition coefficient (Wildman–Crippen LogP) is -0.223. The molecule has 0 unspecified atom stereocenters. The van der Waals surface area contributed by atoms with Crippen molar-refractivity contribution in [1.82, 2.24) is 15.5 Å². The number of furan rings is 1. The summed E-state index contributed by atoms with van der Waals surface area (Å²) in [6, 6.07) is 2.78. The Morgan fingerprint density at radius 1 is 1.23 bits per heavy atom. The van der Waals surface area contributed by atoms with Crippen LogP contribution in [0.15, 0.2) is 22.8 Å². The highest BCUT2D eigenvalue weighted by atomic mass is 16.3. The number of nitrogens with zero attached hydrogens (tertiary/aromatic N) is 1. The lowest BCUT2D eigenvalue weighted by molar-refractivity contribution is -0.917. The topological polar surface area (TPSA) is 96.1 Å². The van der Waals surface area contributed by atoms with Gasteiger partial charge in [0.2, 0.25) is 0 Å². The van der Waals surface area contributed by atoms with Gasteiger partial charge in [0.15, 0.2) is 11.8 Å². The van der Waals surface area contributed by atoms with Crippen molar-refractivity contribution in [3.8, 4) is 0 Å². The third kappa shape index (κ3) is 4.43. The van der Waals surface area contributed by atoms with Gasteiger partial charge < -0.3 is 19.5 Å². The molecule has 1 atom stereocenters. The van der Waals surface area contributed by atoms with Crippen LogP contribution in [0.25, 0.3) is 0 Å². The second kappa shape index (κ2) is 8.35. The molecule has 2 heterocycles. The number of imide groups is 1. The fourth-order valence-electron chi connectivity index (χ4n) is 3.68. The molecule has 8 nitrogen and oxygen atoms in total. The van der Waals surface area contributed by atoms with Crippen molar-refractivity contribution in [3.63, 3.8) is 0 Å². The molecule has 2 fully saturated rings. The summed E-state index contributed by atoms with van der Waals surface area (Å²) < 4.78 is 5.15. The molecule has 8 heteroatoms. The third-order valence-corrected chi connectivity index (χ3v) is 5.36. The molecule has 1 aromatic heterocycles. The van der Waals surface area contributed by atoms with Crippen molar-refractivity contribution >= 4 is 17.8 Å². The van der Waals surface area contributed by atoms with Crippen LogP contribution in [0.5, 0.6) is 0 Å². The number of carbonyl (C=O) groups excluding carboxylic acids is 3. The summed E-state index contributed by atoms with van der Waals surface area (Å²) in [4.78, 5) is 39.4. The number of hydrogen-bond donors (Lipinski definition) is 3. The number of rotatable bonds is 4. The van der Waals surface area contributed by atoms with Gasteiger partial charge in [-0.25, -0.2) is 4.79 Å². The van der Waals surface area contributed by atoms with E-state index >= 15 is 0 Å². The number of hydrogen-bond acceptors (Lipinski definition) is 4. The van der Waals surface area contributed by atoms with E-state index in [-0.39, 0.29) is 23.9 Å². The van der Waals surface area contributed by atoms with Gasteiger partial charge in [-0.1, -0.05) is 12.8 Å². The van der Waals surface area contributed by atoms with E-state index in [1.165, 1.54) is 6.26 Å². The van der Waals surface area contributed by atoms with Crippen molar-refractivity contribution in [3.05, 3.63) is 24.2 Å². The highest BCUT2D eigenvalue weighted by Gasteiger charge is 2.32. The number of carbonyl (C=O) groups is 3. The Morgan fingerprint density at radius 3 is 2.54 bits per heavy atom. The van der Waals surface area contributed by atoms with E-state index in [0.717, 1.165) is 30.6 Å². The van der Waals surface area contributed by atoms with Gasteiger partial charge in [-0.15, -0.1) is 0 Å². The molecule has 0 bridgehead atoms. The quantitative estimate of drug-likeness (QED) is 0.689. The molecule has 26 heavy (non-hydrogen) atoms. The Hall–Kier alpha value is -2.35. The number of piperazine rings is 1. The Kier molecular flexibility index (Phi) is 5.92. The molecule has 2 aliphatic rings. The van der Waals surface area contributed by atoms with E-state index in [1.807, 2.05) is 6.92 Å². The summed E-state index contributed by atoms with van der Waals surface area (Å²) in [5, 5.41) is 5.32. The zero-order valence-electron chi connectivity index (χ0n) is 15.1. The second-order valence-corrected chi connectivity index (χ2v) is 7.09. The van der Waals surface area contributed by atoms with Gasteiger partial charge in [-0.3, -0.25) is 14.9 Å². The molecule has 0 aromatic carbocycles. The highest BCUT2D eigenvalue weighted by Crippen LogP contribution is 2.17. The van der Waals surface area contributed by atoms with E-state index < -0.39 is 6.03 Å². The third-order valence-electron chi connectivity index (χ3n) is 5.36. The zero-order chi connectivity index (χ0) is 18.5. The van der Waals surface area contributed by atoms with Crippen molar-refractivity contribution in [2.75, 3.05) is 26.2 Å². The van der Waals surface area contributed by atoms with Crippen LogP contribution in [0, 0.1) is 0 Å². The van der Waals surface area contributed by atoms with Crippen molar-refractivity contribution in [2.45, 2.75) is 44.7 Å². The lowest BCUT2D eigenvalue weighted by Crippen LogP contribution is -3.19. The van der Waals surface area contributed by atoms with Crippen LogP contribution in [0.1, 0.15) is 43.2 Å². The minimum Gasteiger partial charge on any atom is -0.459 e. The molecule has 1 saturated heterocycles. The largest absolute Gasteiger partial charge is 0.459 e. The number of amides is 4. The number of quaternary nitrogens is 1. The molecular formula is C18H27N4O4+. The molecule has 1 aromatic rings. The van der Waals surface area contributed by atoms with E-state index in [0.29, 0.717) is 31.9 Å². The first-order valence-electron chi connectivity index (χ1n) is 9.33. The summed E-state index contributed by atoms with van der Waals surface area (Å²) in [6.07, 6.45) is 5.70. The maximum atomic E-state index is 12.3. The molecular weight excluding hydrogens is 336 g/mol. The van der Waals surface area contributed by atoms with Gasteiger partial charge in [0.05, 0.1) is 32.4 Å². The average molecular weight is 363 g/mol. The minimum atomic E-state index is -0.403. The van der Waals surface area contributed by atoms with Gasteiger partial charge in [-0.05, 0) is 31.9 Å². The average Bonchev–Trinajstić information content (AvgIpc) is 3.34. The predicted molar refractivity (Wildman–Crippen MR) is 93.7 cm³/mol. The standard InChI is InChI=1S/C18H26N4O4/c1-13(16(23)20-18(25)19-14-5-2-3-6-14)21-8-10-22(11-9-21)17(24)15-7-4-12-26-15/h4,7,12-14H,2-3,5-6,8-11H2,1H3,(H2,19,20,23,25)/p+1/t13-/m1/s1. The maximum Gasteiger partial charge on any atom is 0.321 e. The summed E-state index contributed by atoms with van der Waals surface area (Å²) >= 11 is 0. The number of urea groups is 1. The van der Waals surface area contributed by atoms with Gasteiger partial charge in [0.1, 0.15) is 0 Å². The maximum absolute atomic E-state index is 12.3. The van der Waals surface area contributed by atoms with Crippen molar-refractivity contribution < 1.29 is 23.7 Å². The molecule has 1 aliphatic carbocycles. The lowest BCUT2D eigenvalue weighted by Gasteiger charge is -2.34. The zero-order valence-corrected chi connectivity index (χ0v) is 15.1. The van der Waals surface area contributed by atoms with Crippen LogP contribution < -0.4 is 15.5 Å². The van der Waals surface area contributed by atoms with E-state index in [4.69, 9.17) is 4.42 Å². The van der Waals surface area contributed by atoms with Crippen LogP contribution in [-0.4, -0.2) is 61.0 Å². The van der Waals surface area contributed by atoms with E-state index in [1.54, 1.807) is 17.0 Å². The number of nitrogens with one attached hydrogen (secondary N) is 3. The van der Waals surface area contributed by atoms with Crippen LogP contribution in [0.4, 0.5) is 4.79 Å². The van der Waals surface area contributed by atoms with Gasteiger partial charge in [0, 0.05) is 6.04 Å². The summed E-state index contributed by atoms with van der Waals surface area (Å²) in [7, 11) is 0. The molecule has 1 aliphatic heterocycles. The van der Waals surface area contributed by atoms with Gasteiger partial charge in [0.25, 0.3) is 11.8 Å². The second-order valence-electron chi connectivity index (χ2n) is 7.09. The summed E-state index contributed by atoms with van der Waals surface area (Å²) in [5.74, 6) is -0.0637. The van der Waals surface area contributed by atoms with Gasteiger partial charge >= 0.3 is 6.03 Å². The first kappa shape index (κ1) is 18.4. The molecule has 3 N–H and O–H groups in total. The molecule has 142 valence electrons. The van der Waals surface area contributed by atoms with Crippen molar-refractivity contribution in [2.24, 2.45) is 0 Å². The van der Waals surface area contributed by atoms with Crippen molar-refractivity contribution in [1.29, 1.82) is 0 Å². The van der Waals surface area contributed by atoms with Crippen LogP contribution in [0.2, 0.25) is 0 Å². The van der Waals surface area contributed by atoms with Crippen LogP contribution in [0.3, 0.4) is 0 Å². The highest BCUT2D eigenvalue weighted by molar-refractivity contribution is 5.96. The fourth-order valence-corrected chi connectivity index (χ4v) is 3.68. The summed E-state index contributed by atoms with van der Waals surface area (Å²) in [5.41, 5.74) is 0. The Balaban J connectivity index is 1.43. The first-order chi connectivity index (χ1) is 12.5. The molecule has 4 amide bonds. The molecule has 3 rings (SSSR count). The SMILES string of the molecule is C[C@H](C(=O)NC(=O)NC1CCCC1)[NH+]1CCN(C(=O)c2ccco2)CC1. The minimum absolute atomic E-state index is 0.123. The Bertz CT molecular complexity index is 632. The first-order valence-corrected chi connectivity index (χ1v) is 9.33. The van der Waals surface area contributed by atoms with Gasteiger partial charge in [-0.2, -0.15) is 0 Å².